The summed E-state index contributed by atoms with van der Waals surface area (Å²) in [7, 11) is 0. The lowest BCUT2D eigenvalue weighted by atomic mass is 9.85. The lowest BCUT2D eigenvalue weighted by Gasteiger charge is -2.27. The maximum atomic E-state index is 12.1. The van der Waals surface area contributed by atoms with Crippen molar-refractivity contribution < 1.29 is 33.7 Å². The molecular formula is C19H24O7. The highest BCUT2D eigenvalue weighted by atomic mass is 16.6. The number of carbonyl (C=O) groups excluding carboxylic acids is 3. The van der Waals surface area contributed by atoms with Crippen LogP contribution in [0.5, 0.6) is 0 Å². The van der Waals surface area contributed by atoms with Crippen LogP contribution in [0.25, 0.3) is 0 Å². The molecule has 0 bridgehead atoms. The number of aliphatic hydroxyl groups excluding tert-OH is 1. The minimum absolute atomic E-state index is 0.0864. The Labute approximate surface area is 152 Å². The number of allylic oxidation sites excluding steroid dienone is 1. The highest BCUT2D eigenvalue weighted by Gasteiger charge is 2.44. The van der Waals surface area contributed by atoms with Crippen LogP contribution in [0.15, 0.2) is 35.5 Å². The highest BCUT2D eigenvalue weighted by molar-refractivity contribution is 5.91. The molecule has 3 atom stereocenters. The van der Waals surface area contributed by atoms with Gasteiger partial charge in [0.2, 0.25) is 0 Å². The Morgan fingerprint density at radius 1 is 1.31 bits per heavy atom. The summed E-state index contributed by atoms with van der Waals surface area (Å²) >= 11 is 0. The van der Waals surface area contributed by atoms with E-state index < -0.39 is 36.0 Å². The third-order valence-corrected chi connectivity index (χ3v) is 4.41. The van der Waals surface area contributed by atoms with Crippen LogP contribution in [0.2, 0.25) is 0 Å². The average Bonchev–Trinajstić information content (AvgIpc) is 2.84. The number of ether oxygens (including phenoxy) is 3. The van der Waals surface area contributed by atoms with Gasteiger partial charge in [-0.3, -0.25) is 9.59 Å². The zero-order chi connectivity index (χ0) is 19.3. The molecule has 0 aromatic heterocycles. The average molecular weight is 364 g/mol. The molecule has 2 aliphatic rings. The zero-order valence-corrected chi connectivity index (χ0v) is 15.0. The lowest BCUT2D eigenvalue weighted by molar-refractivity contribution is -0.149. The molecule has 0 saturated carbocycles. The van der Waals surface area contributed by atoms with Gasteiger partial charge < -0.3 is 19.3 Å². The standard InChI is InChI=1S/C19H24O7/c1-11-18-16(25-13(3)22)7-14(9-20)5-4-6-15(10-24-12(2)21)8-17(18)26-19(11)23/h5,8,16-18,20H,1,4,6-7,9-10H2,2-3H3/b14-5+,15-8-/t16-,17+,18?/m0/s1. The van der Waals surface area contributed by atoms with Gasteiger partial charge in [0.05, 0.1) is 12.5 Å². The van der Waals surface area contributed by atoms with Crippen molar-refractivity contribution in [3.63, 3.8) is 0 Å². The van der Waals surface area contributed by atoms with Gasteiger partial charge in [-0.15, -0.1) is 0 Å². The maximum Gasteiger partial charge on any atom is 0.334 e. The lowest BCUT2D eigenvalue weighted by Crippen LogP contribution is -2.33. The van der Waals surface area contributed by atoms with Crippen LogP contribution in [0.4, 0.5) is 0 Å². The summed E-state index contributed by atoms with van der Waals surface area (Å²) in [5.74, 6) is -2.00. The number of esters is 3. The van der Waals surface area contributed by atoms with E-state index in [9.17, 15) is 19.5 Å². The van der Waals surface area contributed by atoms with Crippen molar-refractivity contribution in [2.24, 2.45) is 5.92 Å². The molecule has 0 spiro atoms. The van der Waals surface area contributed by atoms with Gasteiger partial charge in [0.1, 0.15) is 18.8 Å². The van der Waals surface area contributed by atoms with Crippen molar-refractivity contribution in [1.29, 1.82) is 0 Å². The van der Waals surface area contributed by atoms with Crippen molar-refractivity contribution in [3.05, 3.63) is 35.5 Å². The fourth-order valence-electron chi connectivity index (χ4n) is 3.20. The molecule has 1 unspecified atom stereocenters. The SMILES string of the molecule is C=C1C(=O)O[C@@H]2/C=C(\COC(C)=O)CC/C=C(/CO)C[C@H](OC(C)=O)C12. The summed E-state index contributed by atoms with van der Waals surface area (Å²) in [6.45, 7) is 6.31. The van der Waals surface area contributed by atoms with Crippen LogP contribution in [-0.4, -0.2) is 48.4 Å². The van der Waals surface area contributed by atoms with Crippen LogP contribution in [0, 0.1) is 5.92 Å². The first-order valence-corrected chi connectivity index (χ1v) is 8.50. The number of aliphatic hydroxyl groups is 1. The monoisotopic (exact) mass is 364 g/mol. The molecular weight excluding hydrogens is 340 g/mol. The van der Waals surface area contributed by atoms with Crippen LogP contribution >= 0.6 is 0 Å². The second-order valence-corrected chi connectivity index (χ2v) is 6.44. The number of rotatable bonds is 4. The Balaban J connectivity index is 2.39. The van der Waals surface area contributed by atoms with E-state index in [0.717, 1.165) is 5.57 Å². The molecule has 0 aromatic rings. The smallest absolute Gasteiger partial charge is 0.334 e. The van der Waals surface area contributed by atoms with Gasteiger partial charge in [-0.05, 0) is 30.1 Å². The molecule has 0 radical (unpaired) electrons. The summed E-state index contributed by atoms with van der Waals surface area (Å²) in [5.41, 5.74) is 1.72. The third-order valence-electron chi connectivity index (χ3n) is 4.41. The molecule has 0 amide bonds. The normalized spacial score (nSPS) is 30.2. The van der Waals surface area contributed by atoms with E-state index in [1.165, 1.54) is 13.8 Å². The van der Waals surface area contributed by atoms with E-state index in [0.29, 0.717) is 24.8 Å². The molecule has 1 fully saturated rings. The Kier molecular flexibility index (Phi) is 6.74. The molecule has 1 saturated heterocycles. The van der Waals surface area contributed by atoms with Crippen LogP contribution < -0.4 is 0 Å². The van der Waals surface area contributed by atoms with Gasteiger partial charge in [0.15, 0.2) is 0 Å². The van der Waals surface area contributed by atoms with E-state index in [1.807, 2.05) is 6.08 Å². The van der Waals surface area contributed by atoms with Crippen LogP contribution in [0.1, 0.15) is 33.1 Å². The molecule has 7 heteroatoms. The minimum Gasteiger partial charge on any atom is -0.461 e. The maximum absolute atomic E-state index is 12.1. The number of hydrogen-bond acceptors (Lipinski definition) is 7. The fourth-order valence-corrected chi connectivity index (χ4v) is 3.20. The molecule has 2 rings (SSSR count). The van der Waals surface area contributed by atoms with Crippen molar-refractivity contribution in [2.45, 2.75) is 45.3 Å². The number of hydrogen-bond donors (Lipinski definition) is 1. The van der Waals surface area contributed by atoms with Crippen molar-refractivity contribution in [3.8, 4) is 0 Å². The summed E-state index contributed by atoms with van der Waals surface area (Å²) in [4.78, 5) is 34.7. The summed E-state index contributed by atoms with van der Waals surface area (Å²) in [5, 5.41) is 9.61. The summed E-state index contributed by atoms with van der Waals surface area (Å²) in [6.07, 6.45) is 3.77. The van der Waals surface area contributed by atoms with Gasteiger partial charge in [0.25, 0.3) is 0 Å². The van der Waals surface area contributed by atoms with Gasteiger partial charge in [-0.2, -0.15) is 0 Å². The first kappa shape index (κ1) is 19.9. The van der Waals surface area contributed by atoms with Gasteiger partial charge in [-0.1, -0.05) is 12.7 Å². The minimum atomic E-state index is -0.681. The molecule has 7 nitrogen and oxygen atoms in total. The van der Waals surface area contributed by atoms with E-state index in [-0.39, 0.29) is 18.8 Å². The first-order chi connectivity index (χ1) is 12.3. The molecule has 26 heavy (non-hydrogen) atoms. The van der Waals surface area contributed by atoms with Gasteiger partial charge >= 0.3 is 17.9 Å². The topological polar surface area (TPSA) is 99.1 Å². The molecule has 1 heterocycles. The van der Waals surface area contributed by atoms with Crippen LogP contribution in [0.3, 0.4) is 0 Å². The first-order valence-electron chi connectivity index (χ1n) is 8.50. The highest BCUT2D eigenvalue weighted by Crippen LogP contribution is 2.36. The molecule has 1 aliphatic heterocycles. The van der Waals surface area contributed by atoms with Gasteiger partial charge in [0, 0.05) is 25.8 Å². The van der Waals surface area contributed by atoms with Crippen molar-refractivity contribution in [1.82, 2.24) is 0 Å². The summed E-state index contributed by atoms with van der Waals surface area (Å²) < 4.78 is 15.9. The zero-order valence-electron chi connectivity index (χ0n) is 15.0. The molecule has 1 aliphatic carbocycles. The molecule has 142 valence electrons. The number of carbonyl (C=O) groups is 3. The molecule has 1 N–H and O–H groups in total. The Morgan fingerprint density at radius 2 is 2.04 bits per heavy atom. The van der Waals surface area contributed by atoms with Crippen LogP contribution in [-0.2, 0) is 28.6 Å². The molecule has 0 aromatic carbocycles. The second kappa shape index (κ2) is 8.80. The Bertz CT molecular complexity index is 659. The van der Waals surface area contributed by atoms with E-state index in [4.69, 9.17) is 14.2 Å². The van der Waals surface area contributed by atoms with E-state index >= 15 is 0 Å². The van der Waals surface area contributed by atoms with Gasteiger partial charge in [-0.25, -0.2) is 4.79 Å². The van der Waals surface area contributed by atoms with Crippen molar-refractivity contribution in [2.75, 3.05) is 13.2 Å². The largest absolute Gasteiger partial charge is 0.461 e. The van der Waals surface area contributed by atoms with E-state index in [1.54, 1.807) is 6.08 Å². The Hall–Kier alpha value is -2.41. The Morgan fingerprint density at radius 3 is 2.65 bits per heavy atom. The van der Waals surface area contributed by atoms with E-state index in [2.05, 4.69) is 6.58 Å². The predicted octanol–water partition coefficient (Wildman–Crippen LogP) is 1.61. The predicted molar refractivity (Wildman–Crippen MR) is 91.8 cm³/mol. The second-order valence-electron chi connectivity index (χ2n) is 6.44. The summed E-state index contributed by atoms with van der Waals surface area (Å²) in [6, 6.07) is 0. The number of fused-ring (bicyclic) bond motifs is 1. The van der Waals surface area contributed by atoms with Crippen molar-refractivity contribution >= 4 is 17.9 Å². The third kappa shape index (κ3) is 5.05. The fraction of sp³-hybridized carbons (Fsp3) is 0.526. The quantitative estimate of drug-likeness (QED) is 0.350.